The van der Waals surface area contributed by atoms with Crippen LogP contribution in [0.2, 0.25) is 0 Å². The predicted molar refractivity (Wildman–Crippen MR) is 67.8 cm³/mol. The number of aryl methyl sites for hydroxylation is 2. The van der Waals surface area contributed by atoms with E-state index in [0.29, 0.717) is 10.6 Å². The van der Waals surface area contributed by atoms with Crippen molar-refractivity contribution < 1.29 is 0 Å². The van der Waals surface area contributed by atoms with Crippen LogP contribution in [0.4, 0.5) is 5.00 Å². The molecule has 3 N–H and O–H groups in total. The van der Waals surface area contributed by atoms with E-state index in [1.54, 1.807) is 0 Å². The molecule has 0 bridgehead atoms. The maximum Gasteiger partial charge on any atom is 0.105 e. The number of nitrogens with one attached hydrogen (secondary N) is 1. The monoisotopic (exact) mass is 244 g/mol. The van der Waals surface area contributed by atoms with Crippen molar-refractivity contribution in [1.29, 1.82) is 5.26 Å². The summed E-state index contributed by atoms with van der Waals surface area (Å²) in [7, 11) is 0. The van der Waals surface area contributed by atoms with Gasteiger partial charge in [0.05, 0.1) is 11.3 Å². The molecule has 5 heteroatoms. The number of nitrogens with zero attached hydrogens (tertiary/aromatic N) is 2. The van der Waals surface area contributed by atoms with Crippen LogP contribution in [0.25, 0.3) is 10.4 Å². The van der Waals surface area contributed by atoms with Crippen molar-refractivity contribution in [2.24, 2.45) is 0 Å². The van der Waals surface area contributed by atoms with E-state index in [9.17, 15) is 0 Å². The molecule has 2 aromatic rings. The summed E-state index contributed by atoms with van der Waals surface area (Å²) >= 11 is 1.51. The highest BCUT2D eigenvalue weighted by molar-refractivity contribution is 7.19. The van der Waals surface area contributed by atoms with E-state index < -0.39 is 0 Å². The lowest BCUT2D eigenvalue weighted by Gasteiger charge is -2.12. The Balaban J connectivity index is 2.30. The quantitative estimate of drug-likeness (QED) is 0.807. The molecule has 0 unspecified atom stereocenters. The summed E-state index contributed by atoms with van der Waals surface area (Å²) in [6.07, 6.45) is 2.69. The SMILES string of the molecule is CCc1n[nH]c2c1-c1sc(N)c(C#N)c1CC2. The summed E-state index contributed by atoms with van der Waals surface area (Å²) in [4.78, 5) is 1.14. The molecule has 0 saturated carbocycles. The van der Waals surface area contributed by atoms with Gasteiger partial charge in [0.1, 0.15) is 11.1 Å². The van der Waals surface area contributed by atoms with Gasteiger partial charge in [0, 0.05) is 16.1 Å². The topological polar surface area (TPSA) is 78.5 Å². The first-order valence-corrected chi connectivity index (χ1v) is 6.45. The van der Waals surface area contributed by atoms with E-state index in [1.807, 2.05) is 0 Å². The summed E-state index contributed by atoms with van der Waals surface area (Å²) < 4.78 is 0. The molecule has 0 saturated heterocycles. The molecule has 17 heavy (non-hydrogen) atoms. The zero-order chi connectivity index (χ0) is 12.0. The van der Waals surface area contributed by atoms with Crippen LogP contribution in [-0.4, -0.2) is 10.2 Å². The number of hydrogen-bond donors (Lipinski definition) is 2. The minimum atomic E-state index is 0.633. The third-order valence-electron chi connectivity index (χ3n) is 3.25. The van der Waals surface area contributed by atoms with Gasteiger partial charge >= 0.3 is 0 Å². The van der Waals surface area contributed by atoms with Crippen molar-refractivity contribution >= 4 is 16.3 Å². The number of fused-ring (bicyclic) bond motifs is 3. The van der Waals surface area contributed by atoms with Gasteiger partial charge in [0.25, 0.3) is 0 Å². The van der Waals surface area contributed by atoms with Crippen LogP contribution in [0.3, 0.4) is 0 Å². The number of aromatic amines is 1. The Bertz CT molecular complexity index is 616. The first kappa shape index (κ1) is 10.4. The molecule has 4 nitrogen and oxygen atoms in total. The van der Waals surface area contributed by atoms with E-state index in [0.717, 1.165) is 35.4 Å². The molecule has 0 amide bonds. The fourth-order valence-electron chi connectivity index (χ4n) is 2.42. The van der Waals surface area contributed by atoms with Gasteiger partial charge in [-0.15, -0.1) is 11.3 Å². The zero-order valence-electron chi connectivity index (χ0n) is 9.50. The smallest absolute Gasteiger partial charge is 0.105 e. The molecule has 3 rings (SSSR count). The second kappa shape index (κ2) is 3.60. The first-order valence-electron chi connectivity index (χ1n) is 5.64. The lowest BCUT2D eigenvalue weighted by molar-refractivity contribution is 0.879. The molecule has 0 spiro atoms. The van der Waals surface area contributed by atoms with Gasteiger partial charge < -0.3 is 5.73 Å². The van der Waals surface area contributed by atoms with Crippen molar-refractivity contribution in [1.82, 2.24) is 10.2 Å². The number of thiophene rings is 1. The van der Waals surface area contributed by atoms with Crippen molar-refractivity contribution in [2.45, 2.75) is 26.2 Å². The largest absolute Gasteiger partial charge is 0.389 e. The fraction of sp³-hybridized carbons (Fsp3) is 0.333. The number of rotatable bonds is 1. The van der Waals surface area contributed by atoms with Crippen LogP contribution in [0, 0.1) is 11.3 Å². The average Bonchev–Trinajstić information content (AvgIpc) is 2.87. The molecule has 0 aliphatic heterocycles. The van der Waals surface area contributed by atoms with Gasteiger partial charge in [-0.05, 0) is 24.8 Å². The van der Waals surface area contributed by atoms with Gasteiger partial charge in [-0.25, -0.2) is 0 Å². The second-order valence-corrected chi connectivity index (χ2v) is 5.19. The Labute approximate surface area is 103 Å². The van der Waals surface area contributed by atoms with Gasteiger partial charge in [-0.3, -0.25) is 5.10 Å². The van der Waals surface area contributed by atoms with Crippen LogP contribution in [0.1, 0.15) is 29.4 Å². The van der Waals surface area contributed by atoms with Crippen LogP contribution < -0.4 is 5.73 Å². The number of H-pyrrole nitrogens is 1. The van der Waals surface area contributed by atoms with Crippen molar-refractivity contribution in [3.05, 3.63) is 22.5 Å². The maximum atomic E-state index is 9.14. The van der Waals surface area contributed by atoms with Crippen molar-refractivity contribution in [2.75, 3.05) is 5.73 Å². The highest BCUT2D eigenvalue weighted by Gasteiger charge is 2.27. The minimum Gasteiger partial charge on any atom is -0.389 e. The van der Waals surface area contributed by atoms with Gasteiger partial charge in [-0.2, -0.15) is 10.4 Å². The molecule has 0 fully saturated rings. The normalized spacial score (nSPS) is 12.9. The number of aromatic nitrogens is 2. The van der Waals surface area contributed by atoms with Crippen LogP contribution in [-0.2, 0) is 19.3 Å². The summed E-state index contributed by atoms with van der Waals surface area (Å²) in [6, 6.07) is 2.22. The van der Waals surface area contributed by atoms with Crippen LogP contribution in [0.15, 0.2) is 0 Å². The predicted octanol–water partition coefficient (Wildman–Crippen LogP) is 2.25. The average molecular weight is 244 g/mol. The summed E-state index contributed by atoms with van der Waals surface area (Å²) in [5, 5.41) is 17.2. The Morgan fingerprint density at radius 3 is 3.06 bits per heavy atom. The van der Waals surface area contributed by atoms with Gasteiger partial charge in [0.15, 0.2) is 0 Å². The Morgan fingerprint density at radius 1 is 1.53 bits per heavy atom. The molecule has 0 radical (unpaired) electrons. The molecule has 2 heterocycles. The Morgan fingerprint density at radius 2 is 2.35 bits per heavy atom. The van der Waals surface area contributed by atoms with Gasteiger partial charge in [0.2, 0.25) is 0 Å². The third kappa shape index (κ3) is 1.31. The first-order chi connectivity index (χ1) is 8.26. The summed E-state index contributed by atoms with van der Waals surface area (Å²) in [5.74, 6) is 0. The lowest BCUT2D eigenvalue weighted by atomic mass is 9.92. The summed E-state index contributed by atoms with van der Waals surface area (Å²) in [6.45, 7) is 2.09. The number of nitriles is 1. The van der Waals surface area contributed by atoms with E-state index in [2.05, 4.69) is 23.2 Å². The number of nitrogens with two attached hydrogens (primary N) is 1. The maximum absolute atomic E-state index is 9.14. The van der Waals surface area contributed by atoms with E-state index >= 15 is 0 Å². The molecule has 1 aliphatic rings. The highest BCUT2D eigenvalue weighted by atomic mass is 32.1. The Kier molecular flexibility index (Phi) is 2.20. The summed E-state index contributed by atoms with van der Waals surface area (Å²) in [5.41, 5.74) is 11.1. The molecule has 2 aromatic heterocycles. The number of anilines is 1. The van der Waals surface area contributed by atoms with Crippen LogP contribution in [0.5, 0.6) is 0 Å². The fourth-order valence-corrected chi connectivity index (χ4v) is 3.58. The van der Waals surface area contributed by atoms with Crippen LogP contribution >= 0.6 is 11.3 Å². The molecule has 1 aliphatic carbocycles. The second-order valence-electron chi connectivity index (χ2n) is 4.14. The highest BCUT2D eigenvalue weighted by Crippen LogP contribution is 2.44. The molecule has 0 atom stereocenters. The standard InChI is InChI=1S/C12H12N4S/c1-2-8-10-9(16-15-8)4-3-6-7(5-13)12(14)17-11(6)10/h2-4,14H2,1H3,(H,15,16). The molecule has 86 valence electrons. The Hall–Kier alpha value is -1.80. The van der Waals surface area contributed by atoms with Crippen molar-refractivity contribution in [3.63, 3.8) is 0 Å². The van der Waals surface area contributed by atoms with Gasteiger partial charge in [-0.1, -0.05) is 6.92 Å². The molecule has 0 aromatic carbocycles. The zero-order valence-corrected chi connectivity index (χ0v) is 10.3. The molecular weight excluding hydrogens is 232 g/mol. The minimum absolute atomic E-state index is 0.633. The molecular formula is C12H12N4S. The lowest BCUT2D eigenvalue weighted by Crippen LogP contribution is -2.02. The van der Waals surface area contributed by atoms with E-state index in [1.165, 1.54) is 22.6 Å². The number of hydrogen-bond acceptors (Lipinski definition) is 4. The third-order valence-corrected chi connectivity index (χ3v) is 4.33. The number of nitrogen functional groups attached to an aromatic ring is 1. The van der Waals surface area contributed by atoms with E-state index in [4.69, 9.17) is 11.0 Å². The van der Waals surface area contributed by atoms with Crippen molar-refractivity contribution in [3.8, 4) is 16.5 Å². The van der Waals surface area contributed by atoms with E-state index in [-0.39, 0.29) is 0 Å².